The summed E-state index contributed by atoms with van der Waals surface area (Å²) >= 11 is 0. The molecule has 2 aromatic heterocycles. The van der Waals surface area contributed by atoms with E-state index in [1.165, 1.54) is 6.33 Å². The summed E-state index contributed by atoms with van der Waals surface area (Å²) in [5, 5.41) is 8.85. The Bertz CT molecular complexity index is 510. The molecule has 1 N–H and O–H groups in total. The van der Waals surface area contributed by atoms with Crippen LogP contribution in [0.2, 0.25) is 0 Å². The number of ether oxygens (including phenoxy) is 1. The highest BCUT2D eigenvalue weighted by Gasteiger charge is 2.32. The van der Waals surface area contributed by atoms with Crippen molar-refractivity contribution in [3.05, 3.63) is 12.5 Å². The van der Waals surface area contributed by atoms with Gasteiger partial charge >= 0.3 is 12.4 Å². The second-order valence-electron chi connectivity index (χ2n) is 2.77. The van der Waals surface area contributed by atoms with Crippen molar-refractivity contribution < 1.29 is 23.0 Å². The zero-order valence-electron chi connectivity index (χ0n) is 7.64. The van der Waals surface area contributed by atoms with Crippen LogP contribution in [0.1, 0.15) is 0 Å². The molecule has 0 aliphatic heterocycles. The van der Waals surface area contributed by atoms with Crippen LogP contribution in [0.3, 0.4) is 0 Å². The zero-order chi connectivity index (χ0) is 11.8. The molecular weight excluding hydrogens is 229 g/mol. The number of hydrogen-bond acceptors (Lipinski definition) is 5. The Hall–Kier alpha value is -1.90. The number of aliphatic hydroxyl groups excluding tert-OH is 1. The van der Waals surface area contributed by atoms with Crippen LogP contribution in [-0.2, 0) is 6.73 Å². The van der Waals surface area contributed by atoms with Crippen molar-refractivity contribution in [3.63, 3.8) is 0 Å². The van der Waals surface area contributed by atoms with E-state index < -0.39 is 19.1 Å². The van der Waals surface area contributed by atoms with Crippen LogP contribution in [0.5, 0.6) is 6.01 Å². The van der Waals surface area contributed by atoms with Gasteiger partial charge in [-0.25, -0.2) is 9.97 Å². The fourth-order valence-electron chi connectivity index (χ4n) is 1.10. The molecule has 2 aromatic rings. The predicted molar refractivity (Wildman–Crippen MR) is 44.2 cm³/mol. The molecule has 0 saturated carbocycles. The lowest BCUT2D eigenvalue weighted by atomic mass is 10.5. The molecule has 16 heavy (non-hydrogen) atoms. The lowest BCUT2D eigenvalue weighted by molar-refractivity contribution is -0.277. The lowest BCUT2D eigenvalue weighted by Gasteiger charge is -2.06. The number of halogens is 3. The zero-order valence-corrected chi connectivity index (χ0v) is 7.64. The molecule has 9 heteroatoms. The second-order valence-corrected chi connectivity index (χ2v) is 2.77. The quantitative estimate of drug-likeness (QED) is 0.826. The number of rotatable bonds is 2. The predicted octanol–water partition coefficient (Wildman–Crippen LogP) is 0.675. The first-order valence-electron chi connectivity index (χ1n) is 4.04. The molecule has 0 aromatic carbocycles. The monoisotopic (exact) mass is 234 g/mol. The number of hydrogen-bond donors (Lipinski definition) is 1. The van der Waals surface area contributed by atoms with Crippen molar-refractivity contribution in [2.45, 2.75) is 13.1 Å². The first kappa shape index (κ1) is 10.6. The lowest BCUT2D eigenvalue weighted by Crippen LogP contribution is -2.18. The largest absolute Gasteiger partial charge is 0.575 e. The van der Waals surface area contributed by atoms with Crippen LogP contribution in [0, 0.1) is 0 Å². The van der Waals surface area contributed by atoms with E-state index in [0.29, 0.717) is 0 Å². The van der Waals surface area contributed by atoms with E-state index in [4.69, 9.17) is 5.11 Å². The molecular formula is C7H5F3N4O2. The van der Waals surface area contributed by atoms with Gasteiger partial charge < -0.3 is 9.84 Å². The maximum Gasteiger partial charge on any atom is 0.575 e. The number of aliphatic hydroxyl groups is 1. The molecule has 6 nitrogen and oxygen atoms in total. The SMILES string of the molecule is OCn1cnc2cnc(OC(F)(F)F)nc21. The first-order valence-corrected chi connectivity index (χ1v) is 4.04. The summed E-state index contributed by atoms with van der Waals surface area (Å²) in [6.45, 7) is -0.445. The highest BCUT2D eigenvalue weighted by Crippen LogP contribution is 2.20. The Balaban J connectivity index is 2.42. The van der Waals surface area contributed by atoms with Crippen LogP contribution >= 0.6 is 0 Å². The normalized spacial score (nSPS) is 12.0. The molecule has 0 amide bonds. The van der Waals surface area contributed by atoms with Crippen molar-refractivity contribution in [1.29, 1.82) is 0 Å². The van der Waals surface area contributed by atoms with Gasteiger partial charge in [-0.3, -0.25) is 4.57 Å². The van der Waals surface area contributed by atoms with Gasteiger partial charge in [0.1, 0.15) is 12.2 Å². The van der Waals surface area contributed by atoms with Crippen LogP contribution in [0.4, 0.5) is 13.2 Å². The first-order chi connectivity index (χ1) is 7.49. The summed E-state index contributed by atoms with van der Waals surface area (Å²) in [7, 11) is 0. The highest BCUT2D eigenvalue weighted by molar-refractivity contribution is 5.69. The Morgan fingerprint density at radius 1 is 1.38 bits per heavy atom. The average molecular weight is 234 g/mol. The minimum Gasteiger partial charge on any atom is -0.376 e. The Kier molecular flexibility index (Phi) is 2.38. The van der Waals surface area contributed by atoms with Gasteiger partial charge in [0, 0.05) is 0 Å². The Morgan fingerprint density at radius 2 is 2.12 bits per heavy atom. The highest BCUT2D eigenvalue weighted by atomic mass is 19.4. The summed E-state index contributed by atoms with van der Waals surface area (Å²) in [6, 6.07) is -0.838. The number of nitrogens with zero attached hydrogens (tertiary/aromatic N) is 4. The van der Waals surface area contributed by atoms with Crippen LogP contribution in [0.15, 0.2) is 12.5 Å². The number of alkyl halides is 3. The van der Waals surface area contributed by atoms with Gasteiger partial charge in [0.25, 0.3) is 0 Å². The molecule has 0 fully saturated rings. The van der Waals surface area contributed by atoms with Crippen molar-refractivity contribution in [2.24, 2.45) is 0 Å². The van der Waals surface area contributed by atoms with Gasteiger partial charge in [-0.2, -0.15) is 4.98 Å². The molecule has 2 heterocycles. The molecule has 0 bridgehead atoms. The molecule has 0 atom stereocenters. The number of imidazole rings is 1. The number of fused-ring (bicyclic) bond motifs is 1. The molecule has 0 saturated heterocycles. The molecule has 86 valence electrons. The summed E-state index contributed by atoms with van der Waals surface area (Å²) in [5.74, 6) is 0. The third-order valence-corrected chi connectivity index (χ3v) is 1.70. The van der Waals surface area contributed by atoms with Gasteiger partial charge in [0.2, 0.25) is 0 Å². The molecule has 0 unspecified atom stereocenters. The molecule has 0 aliphatic carbocycles. The van der Waals surface area contributed by atoms with Crippen molar-refractivity contribution >= 4 is 11.2 Å². The van der Waals surface area contributed by atoms with E-state index >= 15 is 0 Å². The average Bonchev–Trinajstić information content (AvgIpc) is 2.57. The molecule has 0 spiro atoms. The topological polar surface area (TPSA) is 73.1 Å². The van der Waals surface area contributed by atoms with Crippen LogP contribution < -0.4 is 4.74 Å². The summed E-state index contributed by atoms with van der Waals surface area (Å²) in [5.41, 5.74) is 0.334. The maximum absolute atomic E-state index is 11.9. The van der Waals surface area contributed by atoms with Crippen LogP contribution in [0.25, 0.3) is 11.2 Å². The Labute approximate surface area is 86.3 Å². The van der Waals surface area contributed by atoms with Gasteiger partial charge in [0.05, 0.1) is 12.5 Å². The van der Waals surface area contributed by atoms with Gasteiger partial charge in [-0.15, -0.1) is 13.2 Å². The number of aromatic nitrogens is 4. The smallest absolute Gasteiger partial charge is 0.376 e. The molecule has 2 rings (SSSR count). The van der Waals surface area contributed by atoms with Crippen LogP contribution in [-0.4, -0.2) is 31.0 Å². The fraction of sp³-hybridized carbons (Fsp3) is 0.286. The summed E-state index contributed by atoms with van der Waals surface area (Å²) in [6.07, 6.45) is -2.54. The second kappa shape index (κ2) is 3.59. The van der Waals surface area contributed by atoms with Gasteiger partial charge in [-0.05, 0) is 0 Å². The fourth-order valence-corrected chi connectivity index (χ4v) is 1.10. The van der Waals surface area contributed by atoms with E-state index in [1.54, 1.807) is 0 Å². The third-order valence-electron chi connectivity index (χ3n) is 1.70. The van der Waals surface area contributed by atoms with Crippen molar-refractivity contribution in [1.82, 2.24) is 19.5 Å². The third kappa shape index (κ3) is 2.03. The molecule has 0 aliphatic rings. The summed E-state index contributed by atoms with van der Waals surface area (Å²) in [4.78, 5) is 10.6. The Morgan fingerprint density at radius 3 is 2.75 bits per heavy atom. The van der Waals surface area contributed by atoms with Crippen molar-refractivity contribution in [2.75, 3.05) is 0 Å². The van der Waals surface area contributed by atoms with Gasteiger partial charge in [0.15, 0.2) is 5.65 Å². The van der Waals surface area contributed by atoms with Crippen molar-refractivity contribution in [3.8, 4) is 6.01 Å². The van der Waals surface area contributed by atoms with E-state index in [2.05, 4.69) is 19.7 Å². The van der Waals surface area contributed by atoms with Gasteiger partial charge in [-0.1, -0.05) is 0 Å². The van der Waals surface area contributed by atoms with E-state index in [1.807, 2.05) is 0 Å². The molecule has 0 radical (unpaired) electrons. The summed E-state index contributed by atoms with van der Waals surface area (Å²) < 4.78 is 40.3. The van der Waals surface area contributed by atoms with E-state index in [0.717, 1.165) is 10.8 Å². The minimum absolute atomic E-state index is 0.0664. The maximum atomic E-state index is 11.9. The van der Waals surface area contributed by atoms with E-state index in [-0.39, 0.29) is 11.2 Å². The standard InChI is InChI=1S/C7H5F3N4O2/c8-7(9,10)16-6-11-1-4-5(13-6)14(3-15)2-12-4/h1-2,15H,3H2. The minimum atomic E-state index is -4.85. The van der Waals surface area contributed by atoms with E-state index in [9.17, 15) is 13.2 Å².